The number of hydrogen-bond acceptors (Lipinski definition) is 4. The average molecular weight is 282 g/mol. The topological polar surface area (TPSA) is 42.7 Å². The zero-order chi connectivity index (χ0) is 13.9. The summed E-state index contributed by atoms with van der Waals surface area (Å²) in [6.07, 6.45) is 9.64. The molecule has 0 aliphatic heterocycles. The number of aromatic nitrogens is 3. The van der Waals surface area contributed by atoms with E-state index < -0.39 is 0 Å². The Morgan fingerprint density at radius 3 is 2.74 bits per heavy atom. The van der Waals surface area contributed by atoms with E-state index >= 15 is 0 Å². The van der Waals surface area contributed by atoms with Gasteiger partial charge >= 0.3 is 0 Å². The number of nitrogens with zero attached hydrogens (tertiary/aromatic N) is 3. The fraction of sp³-hybridized carbons (Fsp3) is 0.857. The largest absolute Gasteiger partial charge is 0.307 e. The summed E-state index contributed by atoms with van der Waals surface area (Å²) in [5.74, 6) is 0. The smallest absolute Gasteiger partial charge is 0.0965 e. The van der Waals surface area contributed by atoms with Crippen molar-refractivity contribution in [1.82, 2.24) is 20.3 Å². The summed E-state index contributed by atoms with van der Waals surface area (Å²) in [5, 5.41) is 12.9. The number of rotatable bonds is 4. The van der Waals surface area contributed by atoms with Gasteiger partial charge in [0, 0.05) is 17.8 Å². The van der Waals surface area contributed by atoms with Crippen molar-refractivity contribution in [2.24, 2.45) is 0 Å². The molecule has 1 saturated carbocycles. The molecule has 108 valence electrons. The highest BCUT2D eigenvalue weighted by molar-refractivity contribution is 7.99. The Morgan fingerprint density at radius 1 is 1.37 bits per heavy atom. The van der Waals surface area contributed by atoms with E-state index in [4.69, 9.17) is 0 Å². The predicted octanol–water partition coefficient (Wildman–Crippen LogP) is 2.80. The fourth-order valence-corrected chi connectivity index (χ4v) is 3.52. The zero-order valence-electron chi connectivity index (χ0n) is 12.5. The van der Waals surface area contributed by atoms with Gasteiger partial charge in [0.05, 0.1) is 17.4 Å². The third kappa shape index (κ3) is 3.96. The second-order valence-electron chi connectivity index (χ2n) is 6.37. The van der Waals surface area contributed by atoms with Crippen LogP contribution < -0.4 is 5.32 Å². The van der Waals surface area contributed by atoms with Crippen molar-refractivity contribution in [2.45, 2.75) is 69.8 Å². The molecule has 0 aromatic carbocycles. The third-order valence-electron chi connectivity index (χ3n) is 3.78. The molecule has 5 heteroatoms. The molecule has 19 heavy (non-hydrogen) atoms. The molecular weight excluding hydrogens is 256 g/mol. The lowest BCUT2D eigenvalue weighted by Crippen LogP contribution is -2.40. The Bertz CT molecular complexity index is 396. The monoisotopic (exact) mass is 282 g/mol. The van der Waals surface area contributed by atoms with E-state index in [1.54, 1.807) is 0 Å². The van der Waals surface area contributed by atoms with Crippen LogP contribution in [0.15, 0.2) is 6.20 Å². The van der Waals surface area contributed by atoms with E-state index in [1.807, 2.05) is 16.4 Å². The van der Waals surface area contributed by atoms with Gasteiger partial charge in [0.25, 0.3) is 0 Å². The molecule has 1 fully saturated rings. The highest BCUT2D eigenvalue weighted by Gasteiger charge is 2.24. The van der Waals surface area contributed by atoms with Gasteiger partial charge in [-0.25, -0.2) is 4.68 Å². The van der Waals surface area contributed by atoms with E-state index in [0.29, 0.717) is 6.04 Å². The fourth-order valence-electron chi connectivity index (χ4n) is 2.56. The van der Waals surface area contributed by atoms with Crippen molar-refractivity contribution in [3.63, 3.8) is 0 Å². The number of hydrogen-bond donors (Lipinski definition) is 1. The lowest BCUT2D eigenvalue weighted by Gasteiger charge is -2.30. The van der Waals surface area contributed by atoms with Crippen molar-refractivity contribution in [3.8, 4) is 0 Å². The summed E-state index contributed by atoms with van der Waals surface area (Å²) in [4.78, 5) is 0. The molecule has 0 spiro atoms. The van der Waals surface area contributed by atoms with E-state index in [1.165, 1.54) is 25.7 Å². The van der Waals surface area contributed by atoms with E-state index in [9.17, 15) is 0 Å². The van der Waals surface area contributed by atoms with Crippen LogP contribution in [0, 0.1) is 0 Å². The predicted molar refractivity (Wildman–Crippen MR) is 81.4 cm³/mol. The van der Waals surface area contributed by atoms with Gasteiger partial charge in [0.1, 0.15) is 0 Å². The summed E-state index contributed by atoms with van der Waals surface area (Å²) in [6.45, 7) is 7.26. The zero-order valence-corrected chi connectivity index (χ0v) is 13.3. The molecule has 1 aliphatic carbocycles. The van der Waals surface area contributed by atoms with Gasteiger partial charge in [-0.15, -0.1) is 5.10 Å². The molecule has 2 unspecified atom stereocenters. The minimum atomic E-state index is 0.0118. The van der Waals surface area contributed by atoms with E-state index in [0.717, 1.165) is 17.5 Å². The molecule has 1 aliphatic rings. The van der Waals surface area contributed by atoms with Crippen LogP contribution in [0.4, 0.5) is 0 Å². The average Bonchev–Trinajstić information content (AvgIpc) is 2.85. The van der Waals surface area contributed by atoms with Gasteiger partial charge in [-0.3, -0.25) is 0 Å². The van der Waals surface area contributed by atoms with Gasteiger partial charge in [0.15, 0.2) is 0 Å². The molecule has 1 aromatic heterocycles. The lowest BCUT2D eigenvalue weighted by atomic mass is 9.95. The Balaban J connectivity index is 1.89. The van der Waals surface area contributed by atoms with Crippen LogP contribution in [0.3, 0.4) is 0 Å². The summed E-state index contributed by atoms with van der Waals surface area (Å²) in [6, 6.07) is 0.628. The second-order valence-corrected chi connectivity index (χ2v) is 7.45. The first-order chi connectivity index (χ1) is 9.00. The van der Waals surface area contributed by atoms with Crippen LogP contribution in [0.5, 0.6) is 0 Å². The first-order valence-corrected chi connectivity index (χ1v) is 8.47. The normalized spacial score (nSPS) is 24.6. The van der Waals surface area contributed by atoms with Crippen LogP contribution in [0.25, 0.3) is 0 Å². The maximum absolute atomic E-state index is 4.26. The first-order valence-electron chi connectivity index (χ1n) is 7.18. The second kappa shape index (κ2) is 6.27. The van der Waals surface area contributed by atoms with E-state index in [-0.39, 0.29) is 5.54 Å². The molecule has 2 atom stereocenters. The minimum absolute atomic E-state index is 0.0118. The van der Waals surface area contributed by atoms with E-state index in [2.05, 4.69) is 48.9 Å². The molecule has 2 rings (SSSR count). The Morgan fingerprint density at radius 2 is 2.11 bits per heavy atom. The number of nitrogens with one attached hydrogen (secondary N) is 1. The molecule has 0 radical (unpaired) electrons. The molecule has 4 nitrogen and oxygen atoms in total. The van der Waals surface area contributed by atoms with Gasteiger partial charge in [-0.2, -0.15) is 11.8 Å². The maximum atomic E-state index is 4.26. The highest BCUT2D eigenvalue weighted by Crippen LogP contribution is 2.27. The van der Waals surface area contributed by atoms with Gasteiger partial charge in [-0.05, 0) is 39.9 Å². The Hall–Kier alpha value is -0.550. The molecule has 1 heterocycles. The molecule has 0 bridgehead atoms. The third-order valence-corrected chi connectivity index (χ3v) is 4.95. The van der Waals surface area contributed by atoms with Gasteiger partial charge in [0.2, 0.25) is 0 Å². The van der Waals surface area contributed by atoms with Crippen molar-refractivity contribution >= 4 is 11.8 Å². The quantitative estimate of drug-likeness (QED) is 0.922. The van der Waals surface area contributed by atoms with Crippen molar-refractivity contribution in [2.75, 3.05) is 6.26 Å². The van der Waals surface area contributed by atoms with Crippen LogP contribution in [-0.2, 0) is 12.1 Å². The lowest BCUT2D eigenvalue weighted by molar-refractivity contribution is 0.346. The Labute approximate surface area is 120 Å². The molecule has 0 saturated heterocycles. The Kier molecular flexibility index (Phi) is 4.90. The van der Waals surface area contributed by atoms with Crippen molar-refractivity contribution < 1.29 is 0 Å². The summed E-state index contributed by atoms with van der Waals surface area (Å²) in [7, 11) is 0. The first kappa shape index (κ1) is 14.9. The SMILES string of the molecule is CSC1CCCCC1NCc1cn(C(C)(C)C)nn1. The van der Waals surface area contributed by atoms with Crippen LogP contribution >= 0.6 is 11.8 Å². The maximum Gasteiger partial charge on any atom is 0.0965 e. The summed E-state index contributed by atoms with van der Waals surface area (Å²) in [5.41, 5.74) is 1.05. The highest BCUT2D eigenvalue weighted by atomic mass is 32.2. The summed E-state index contributed by atoms with van der Waals surface area (Å²) < 4.78 is 1.94. The van der Waals surface area contributed by atoms with Gasteiger partial charge < -0.3 is 5.32 Å². The molecule has 0 amide bonds. The standard InChI is InChI=1S/C14H26N4S/c1-14(2,3)18-10-11(16-17-18)9-15-12-7-5-6-8-13(12)19-4/h10,12-13,15H,5-9H2,1-4H3. The molecule has 1 N–H and O–H groups in total. The van der Waals surface area contributed by atoms with Crippen LogP contribution in [-0.4, -0.2) is 32.5 Å². The minimum Gasteiger partial charge on any atom is -0.307 e. The van der Waals surface area contributed by atoms with Gasteiger partial charge in [-0.1, -0.05) is 18.1 Å². The van der Waals surface area contributed by atoms with Crippen molar-refractivity contribution in [3.05, 3.63) is 11.9 Å². The van der Waals surface area contributed by atoms with Crippen molar-refractivity contribution in [1.29, 1.82) is 0 Å². The summed E-state index contributed by atoms with van der Waals surface area (Å²) >= 11 is 1.99. The number of thioether (sulfide) groups is 1. The van der Waals surface area contributed by atoms with Crippen LogP contribution in [0.2, 0.25) is 0 Å². The van der Waals surface area contributed by atoms with Crippen LogP contribution in [0.1, 0.15) is 52.1 Å². The molecular formula is C14H26N4S. The molecule has 1 aromatic rings.